The summed E-state index contributed by atoms with van der Waals surface area (Å²) in [7, 11) is 0. The molecule has 0 bridgehead atoms. The Morgan fingerprint density at radius 2 is 1.80 bits per heavy atom. The SMILES string of the molecule is CC(C)(c1ccccc1)n1ccc(=O)c2ccc(-c3cn[nH]c3)cc21. The van der Waals surface area contributed by atoms with Crippen LogP contribution in [0.4, 0.5) is 0 Å². The first kappa shape index (κ1) is 15.4. The molecular weight excluding hydrogens is 310 g/mol. The van der Waals surface area contributed by atoms with Crippen LogP contribution < -0.4 is 5.43 Å². The Kier molecular flexibility index (Phi) is 3.53. The highest BCUT2D eigenvalue weighted by Gasteiger charge is 2.23. The Bertz CT molecular complexity index is 1080. The zero-order valence-corrected chi connectivity index (χ0v) is 14.2. The van der Waals surface area contributed by atoms with E-state index in [0.29, 0.717) is 0 Å². The van der Waals surface area contributed by atoms with Gasteiger partial charge in [-0.1, -0.05) is 36.4 Å². The van der Waals surface area contributed by atoms with Crippen molar-refractivity contribution in [1.29, 1.82) is 0 Å². The second-order valence-corrected chi connectivity index (χ2v) is 6.69. The van der Waals surface area contributed by atoms with Crippen LogP contribution in [-0.4, -0.2) is 14.8 Å². The Hall–Kier alpha value is -3.14. The summed E-state index contributed by atoms with van der Waals surface area (Å²) in [5.74, 6) is 0. The molecule has 0 atom stereocenters. The minimum Gasteiger partial charge on any atom is -0.338 e. The highest BCUT2D eigenvalue weighted by atomic mass is 16.1. The molecular formula is C21H19N3O. The molecule has 0 aliphatic carbocycles. The highest BCUT2D eigenvalue weighted by Crippen LogP contribution is 2.30. The van der Waals surface area contributed by atoms with Gasteiger partial charge >= 0.3 is 0 Å². The Morgan fingerprint density at radius 3 is 2.52 bits per heavy atom. The van der Waals surface area contributed by atoms with Crippen LogP contribution in [0, 0.1) is 0 Å². The van der Waals surface area contributed by atoms with Crippen molar-refractivity contribution in [2.45, 2.75) is 19.4 Å². The molecule has 4 aromatic rings. The van der Waals surface area contributed by atoms with E-state index >= 15 is 0 Å². The Balaban J connectivity index is 1.99. The van der Waals surface area contributed by atoms with Crippen LogP contribution in [-0.2, 0) is 5.54 Å². The van der Waals surface area contributed by atoms with E-state index in [-0.39, 0.29) is 11.0 Å². The molecule has 4 rings (SSSR count). The minimum absolute atomic E-state index is 0.0360. The van der Waals surface area contributed by atoms with Crippen molar-refractivity contribution in [3.05, 3.63) is 89.0 Å². The third-order valence-electron chi connectivity index (χ3n) is 4.81. The lowest BCUT2D eigenvalue weighted by Gasteiger charge is -2.31. The molecule has 2 aromatic heterocycles. The zero-order valence-electron chi connectivity index (χ0n) is 14.2. The molecule has 0 amide bonds. The number of aromatic nitrogens is 3. The average Bonchev–Trinajstić information content (AvgIpc) is 3.17. The van der Waals surface area contributed by atoms with Crippen LogP contribution in [0.2, 0.25) is 0 Å². The summed E-state index contributed by atoms with van der Waals surface area (Å²) in [6.45, 7) is 4.33. The number of aromatic amines is 1. The molecule has 4 heteroatoms. The third kappa shape index (κ3) is 2.56. The summed E-state index contributed by atoms with van der Waals surface area (Å²) in [5, 5.41) is 7.58. The van der Waals surface area contributed by atoms with Gasteiger partial charge in [0.15, 0.2) is 5.43 Å². The molecule has 4 nitrogen and oxygen atoms in total. The maximum absolute atomic E-state index is 12.4. The standard InChI is InChI=1S/C21H19N3O/c1-21(2,17-6-4-3-5-7-17)24-11-10-20(25)18-9-8-15(12-19(18)24)16-13-22-23-14-16/h3-14H,1-2H3,(H,22,23). The van der Waals surface area contributed by atoms with E-state index in [1.807, 2.05) is 42.7 Å². The summed E-state index contributed by atoms with van der Waals surface area (Å²) in [6, 6.07) is 17.9. The number of benzene rings is 2. The third-order valence-corrected chi connectivity index (χ3v) is 4.81. The van der Waals surface area contributed by atoms with Crippen LogP contribution in [0.25, 0.3) is 22.0 Å². The molecule has 0 saturated carbocycles. The van der Waals surface area contributed by atoms with E-state index in [2.05, 4.69) is 46.8 Å². The van der Waals surface area contributed by atoms with E-state index < -0.39 is 0 Å². The van der Waals surface area contributed by atoms with Gasteiger partial charge in [0.2, 0.25) is 0 Å². The molecule has 1 N–H and O–H groups in total. The first-order valence-electron chi connectivity index (χ1n) is 8.28. The highest BCUT2D eigenvalue weighted by molar-refractivity contribution is 5.84. The van der Waals surface area contributed by atoms with E-state index in [1.165, 1.54) is 5.56 Å². The topological polar surface area (TPSA) is 50.7 Å². The van der Waals surface area contributed by atoms with Crippen molar-refractivity contribution in [1.82, 2.24) is 14.8 Å². The lowest BCUT2D eigenvalue weighted by Crippen LogP contribution is -2.29. The van der Waals surface area contributed by atoms with E-state index in [0.717, 1.165) is 22.0 Å². The number of nitrogens with one attached hydrogen (secondary N) is 1. The predicted molar refractivity (Wildman–Crippen MR) is 101 cm³/mol. The molecule has 0 saturated heterocycles. The number of hydrogen-bond donors (Lipinski definition) is 1. The van der Waals surface area contributed by atoms with Crippen LogP contribution in [0.3, 0.4) is 0 Å². The van der Waals surface area contributed by atoms with Gasteiger partial charge in [-0.2, -0.15) is 5.10 Å². The van der Waals surface area contributed by atoms with Crippen molar-refractivity contribution in [3.63, 3.8) is 0 Å². The summed E-state index contributed by atoms with van der Waals surface area (Å²) < 4.78 is 2.17. The van der Waals surface area contributed by atoms with Gasteiger partial charge in [-0.15, -0.1) is 0 Å². The molecule has 25 heavy (non-hydrogen) atoms. The lowest BCUT2D eigenvalue weighted by molar-refractivity contribution is 0.448. The van der Waals surface area contributed by atoms with Crippen LogP contribution in [0.15, 0.2) is 78.0 Å². The molecule has 124 valence electrons. The maximum atomic E-state index is 12.4. The Morgan fingerprint density at radius 1 is 1.00 bits per heavy atom. The lowest BCUT2D eigenvalue weighted by atomic mass is 9.92. The van der Waals surface area contributed by atoms with E-state index in [4.69, 9.17) is 0 Å². The largest absolute Gasteiger partial charge is 0.338 e. The number of pyridine rings is 1. The summed E-state index contributed by atoms with van der Waals surface area (Å²) in [4.78, 5) is 12.4. The van der Waals surface area contributed by atoms with Gasteiger partial charge in [0, 0.05) is 29.4 Å². The van der Waals surface area contributed by atoms with Crippen molar-refractivity contribution in [3.8, 4) is 11.1 Å². The number of rotatable bonds is 3. The van der Waals surface area contributed by atoms with Gasteiger partial charge in [-0.25, -0.2) is 0 Å². The van der Waals surface area contributed by atoms with E-state index in [9.17, 15) is 4.79 Å². The minimum atomic E-state index is -0.289. The van der Waals surface area contributed by atoms with Crippen molar-refractivity contribution in [2.75, 3.05) is 0 Å². The fourth-order valence-electron chi connectivity index (χ4n) is 3.31. The zero-order chi connectivity index (χ0) is 17.4. The molecule has 0 radical (unpaired) electrons. The molecule has 0 fully saturated rings. The van der Waals surface area contributed by atoms with Gasteiger partial charge in [-0.3, -0.25) is 9.89 Å². The first-order chi connectivity index (χ1) is 12.1. The summed E-state index contributed by atoms with van der Waals surface area (Å²) in [5.41, 5.74) is 3.89. The first-order valence-corrected chi connectivity index (χ1v) is 8.28. The fraction of sp³-hybridized carbons (Fsp3) is 0.143. The van der Waals surface area contributed by atoms with Gasteiger partial charge in [0.1, 0.15) is 0 Å². The monoisotopic (exact) mass is 329 g/mol. The molecule has 2 heterocycles. The van der Waals surface area contributed by atoms with Gasteiger partial charge in [-0.05, 0) is 37.1 Å². The number of fused-ring (bicyclic) bond motifs is 1. The van der Waals surface area contributed by atoms with Crippen LogP contribution in [0.1, 0.15) is 19.4 Å². The fourth-order valence-corrected chi connectivity index (χ4v) is 3.31. The van der Waals surface area contributed by atoms with Crippen molar-refractivity contribution < 1.29 is 0 Å². The van der Waals surface area contributed by atoms with Gasteiger partial charge in [0.25, 0.3) is 0 Å². The second-order valence-electron chi connectivity index (χ2n) is 6.69. The van der Waals surface area contributed by atoms with Crippen LogP contribution >= 0.6 is 0 Å². The van der Waals surface area contributed by atoms with Crippen molar-refractivity contribution >= 4 is 10.9 Å². The predicted octanol–water partition coefficient (Wildman–Crippen LogP) is 4.18. The quantitative estimate of drug-likeness (QED) is 0.613. The van der Waals surface area contributed by atoms with E-state index in [1.54, 1.807) is 12.3 Å². The summed E-state index contributed by atoms with van der Waals surface area (Å²) in [6.07, 6.45) is 5.53. The maximum Gasteiger partial charge on any atom is 0.189 e. The number of nitrogens with zero attached hydrogens (tertiary/aromatic N) is 2. The number of H-pyrrole nitrogens is 1. The summed E-state index contributed by atoms with van der Waals surface area (Å²) >= 11 is 0. The van der Waals surface area contributed by atoms with Crippen LogP contribution in [0.5, 0.6) is 0 Å². The molecule has 2 aromatic carbocycles. The normalized spacial score (nSPS) is 11.8. The molecule has 0 unspecified atom stereocenters. The Labute approximate surface area is 145 Å². The van der Waals surface area contributed by atoms with Crippen molar-refractivity contribution in [2.24, 2.45) is 0 Å². The number of hydrogen-bond acceptors (Lipinski definition) is 2. The van der Waals surface area contributed by atoms with Gasteiger partial charge in [0.05, 0.1) is 17.3 Å². The van der Waals surface area contributed by atoms with Gasteiger partial charge < -0.3 is 4.57 Å². The molecule has 0 spiro atoms. The molecule has 0 aliphatic heterocycles. The second kappa shape index (κ2) is 5.74. The average molecular weight is 329 g/mol. The smallest absolute Gasteiger partial charge is 0.189 e. The molecule has 0 aliphatic rings.